The van der Waals surface area contributed by atoms with Gasteiger partial charge in [0, 0.05) is 42.9 Å². The van der Waals surface area contributed by atoms with E-state index in [0.29, 0.717) is 52.9 Å². The number of aromatic amines is 1. The molecule has 10 amide bonds. The van der Waals surface area contributed by atoms with Crippen LogP contribution in [-0.2, 0) is 67.3 Å². The number of aromatic nitrogens is 1. The van der Waals surface area contributed by atoms with Crippen molar-refractivity contribution in [1.82, 2.24) is 52.4 Å². The summed E-state index contributed by atoms with van der Waals surface area (Å²) in [5, 5.41) is 42.3. The van der Waals surface area contributed by atoms with Crippen LogP contribution in [0.4, 0.5) is 4.79 Å². The number of phenols is 1. The molecule has 88 heavy (non-hydrogen) atoms. The molecule has 0 saturated carbocycles. The predicted molar refractivity (Wildman–Crippen MR) is 330 cm³/mol. The third-order valence-corrected chi connectivity index (χ3v) is 15.2. The van der Waals surface area contributed by atoms with Crippen molar-refractivity contribution < 1.29 is 62.9 Å². The number of nitrogens with zero attached hydrogens (tertiary/aromatic N) is 2. The first-order chi connectivity index (χ1) is 42.1. The summed E-state index contributed by atoms with van der Waals surface area (Å²) < 4.78 is 5.33. The van der Waals surface area contributed by atoms with Crippen molar-refractivity contribution in [3.63, 3.8) is 0 Å². The van der Waals surface area contributed by atoms with Crippen LogP contribution in [-0.4, -0.2) is 172 Å². The molecule has 5 rings (SSSR count). The number of rotatable bonds is 35. The molecule has 2 heterocycles. The number of carbonyl (C=O) groups is 10. The third-order valence-electron chi connectivity index (χ3n) is 14.5. The molecular weight excluding hydrogens is 1160 g/mol. The summed E-state index contributed by atoms with van der Waals surface area (Å²) in [6.07, 6.45) is 2.95. The van der Waals surface area contributed by atoms with E-state index in [1.54, 1.807) is 67.0 Å². The number of likely N-dealkylation sites (N-methyl/N-ethyl adjacent to an activating group) is 1. The SMILES string of the molecule is CCN1CCC[C@H]1C(=O)NC(=O)[C@H](CCCN=C(N)N)NC(=O)[C@H](CC(C)C)NC(=O)[C@@H](CCSC)NC(=O)[C@H](Cc1ccc(O)cc1)NC(=O)[C@H](CO)NC(=O)[C@H](Cc1c[nH]c2ccccc12)NC(=O)[C@H](CCC(N)=O)NC(=O)OCc1ccccc1. The largest absolute Gasteiger partial charge is 0.508 e. The molecule has 3 aromatic carbocycles. The van der Waals surface area contributed by atoms with Crippen molar-refractivity contribution >= 4 is 87.9 Å². The van der Waals surface area contributed by atoms with Crippen molar-refractivity contribution in [2.75, 3.05) is 38.2 Å². The van der Waals surface area contributed by atoms with Crippen LogP contribution < -0.4 is 59.7 Å². The zero-order valence-corrected chi connectivity index (χ0v) is 50.8. The first-order valence-electron chi connectivity index (χ1n) is 29.2. The fourth-order valence-corrected chi connectivity index (χ4v) is 10.3. The monoisotopic (exact) mass is 1240 g/mol. The van der Waals surface area contributed by atoms with Crippen molar-refractivity contribution in [1.29, 1.82) is 0 Å². The molecule has 28 heteroatoms. The number of nitrogens with two attached hydrogens (primary N) is 3. The van der Waals surface area contributed by atoms with Crippen LogP contribution in [0.15, 0.2) is 90.1 Å². The highest BCUT2D eigenvalue weighted by molar-refractivity contribution is 7.98. The van der Waals surface area contributed by atoms with Gasteiger partial charge in [0.05, 0.1) is 12.6 Å². The molecule has 17 N–H and O–H groups in total. The average molecular weight is 1240 g/mol. The minimum absolute atomic E-state index is 0.0169. The van der Waals surface area contributed by atoms with Gasteiger partial charge >= 0.3 is 6.09 Å². The summed E-state index contributed by atoms with van der Waals surface area (Å²) in [5.74, 6) is -7.62. The van der Waals surface area contributed by atoms with Crippen molar-refractivity contribution in [3.8, 4) is 5.75 Å². The molecule has 27 nitrogen and oxygen atoms in total. The average Bonchev–Trinajstić information content (AvgIpc) is 2.37. The summed E-state index contributed by atoms with van der Waals surface area (Å²) in [7, 11) is 0. The molecule has 4 aromatic rings. The first-order valence-corrected chi connectivity index (χ1v) is 30.6. The lowest BCUT2D eigenvalue weighted by Gasteiger charge is -2.28. The number of ether oxygens (including phenoxy) is 1. The van der Waals surface area contributed by atoms with Crippen LogP contribution in [0.3, 0.4) is 0 Å². The normalized spacial score (nSPS) is 15.4. The molecular formula is C60H84N14O13S. The van der Waals surface area contributed by atoms with E-state index in [1.807, 2.05) is 25.7 Å². The summed E-state index contributed by atoms with van der Waals surface area (Å²) >= 11 is 1.36. The zero-order chi connectivity index (χ0) is 64.3. The van der Waals surface area contributed by atoms with E-state index in [2.05, 4.69) is 52.5 Å². The van der Waals surface area contributed by atoms with Crippen LogP contribution in [0.25, 0.3) is 10.9 Å². The minimum Gasteiger partial charge on any atom is -0.508 e. The predicted octanol–water partition coefficient (Wildman–Crippen LogP) is 0.100. The van der Waals surface area contributed by atoms with E-state index in [-0.39, 0.29) is 82.1 Å². The highest BCUT2D eigenvalue weighted by Gasteiger charge is 2.37. The van der Waals surface area contributed by atoms with Gasteiger partial charge in [0.15, 0.2) is 5.96 Å². The van der Waals surface area contributed by atoms with Crippen molar-refractivity contribution in [3.05, 3.63) is 102 Å². The van der Waals surface area contributed by atoms with Crippen LogP contribution >= 0.6 is 11.8 Å². The number of aliphatic hydroxyl groups excluding tert-OH is 1. The van der Waals surface area contributed by atoms with Gasteiger partial charge < -0.3 is 74.4 Å². The number of guanidine groups is 1. The Bertz CT molecular complexity index is 3030. The molecule has 1 saturated heterocycles. The molecule has 0 bridgehead atoms. The van der Waals surface area contributed by atoms with E-state index in [9.17, 15) is 58.2 Å². The van der Waals surface area contributed by atoms with Gasteiger partial charge in [-0.25, -0.2) is 4.79 Å². The zero-order valence-electron chi connectivity index (χ0n) is 50.0. The Hall–Kier alpha value is -8.76. The van der Waals surface area contributed by atoms with Gasteiger partial charge in [0.25, 0.3) is 0 Å². The molecule has 0 unspecified atom stereocenters. The van der Waals surface area contributed by atoms with Gasteiger partial charge in [-0.15, -0.1) is 0 Å². The maximum atomic E-state index is 14.6. The highest BCUT2D eigenvalue weighted by atomic mass is 32.2. The summed E-state index contributed by atoms with van der Waals surface area (Å²) in [6.45, 7) is 5.75. The minimum atomic E-state index is -1.78. The number of primary amides is 1. The van der Waals surface area contributed by atoms with E-state index in [1.165, 1.54) is 36.0 Å². The number of hydrogen-bond acceptors (Lipinski definition) is 16. The third kappa shape index (κ3) is 22.8. The van der Waals surface area contributed by atoms with Gasteiger partial charge in [-0.3, -0.25) is 58.4 Å². The number of aromatic hydroxyl groups is 1. The second kappa shape index (κ2) is 35.8. The van der Waals surface area contributed by atoms with E-state index >= 15 is 0 Å². The number of H-pyrrole nitrogens is 1. The number of likely N-dealkylation sites (tertiary alicyclic amines) is 1. The van der Waals surface area contributed by atoms with E-state index in [4.69, 9.17) is 21.9 Å². The Kier molecular flexibility index (Phi) is 28.5. The number of fused-ring (bicyclic) bond motifs is 1. The molecule has 478 valence electrons. The number of phenolic OH excluding ortho intramolecular Hbond substituents is 1. The number of aliphatic imine (C=N–C) groups is 1. The molecule has 1 aromatic heterocycles. The lowest BCUT2D eigenvalue weighted by Crippen LogP contribution is -2.61. The van der Waals surface area contributed by atoms with Crippen LogP contribution in [0.1, 0.15) is 88.8 Å². The number of thioether (sulfide) groups is 1. The van der Waals surface area contributed by atoms with Crippen LogP contribution in [0.2, 0.25) is 0 Å². The molecule has 1 aliphatic rings. The highest BCUT2D eigenvalue weighted by Crippen LogP contribution is 2.21. The molecule has 1 aliphatic heterocycles. The number of para-hydroxylation sites is 1. The van der Waals surface area contributed by atoms with E-state index in [0.717, 1.165) is 6.42 Å². The molecule has 8 atom stereocenters. The maximum absolute atomic E-state index is 14.6. The van der Waals surface area contributed by atoms with Crippen LogP contribution in [0.5, 0.6) is 5.75 Å². The number of imide groups is 1. The lowest BCUT2D eigenvalue weighted by molar-refractivity contribution is -0.137. The smallest absolute Gasteiger partial charge is 0.408 e. The summed E-state index contributed by atoms with van der Waals surface area (Å²) in [5.41, 5.74) is 18.8. The second-order valence-corrected chi connectivity index (χ2v) is 22.7. The van der Waals surface area contributed by atoms with Gasteiger partial charge in [-0.2, -0.15) is 11.8 Å². The fourth-order valence-electron chi connectivity index (χ4n) is 9.87. The van der Waals surface area contributed by atoms with Crippen molar-refractivity contribution in [2.24, 2.45) is 28.1 Å². The van der Waals surface area contributed by atoms with Crippen molar-refractivity contribution in [2.45, 2.75) is 140 Å². The van der Waals surface area contributed by atoms with Gasteiger partial charge in [-0.1, -0.05) is 81.4 Å². The van der Waals surface area contributed by atoms with Crippen LogP contribution in [0, 0.1) is 5.92 Å². The number of nitrogens with one attached hydrogen (secondary N) is 9. The first kappa shape index (κ1) is 70.0. The number of hydrogen-bond donors (Lipinski definition) is 14. The number of aliphatic hydroxyl groups is 1. The Morgan fingerprint density at radius 2 is 1.25 bits per heavy atom. The molecule has 0 spiro atoms. The number of benzene rings is 3. The standard InChI is InChI=1S/C60H84N14O13S/c1-5-74-27-12-18-49(74)58(85)73-53(80)42(17-11-26-64-59(62)63)66-54(81)45(29-35(2)3)68-52(79)44(25-28-88-4)67-55(82)46(30-36-19-21-39(76)22-20-36)69-57(84)48(33-75)71-56(83)47(31-38-32-65-41-16-10-9-15-40(38)41)70-51(78)43(23-24-50(61)77)72-60(86)87-34-37-13-7-6-8-14-37/h6-10,13-16,19-22,32,35,42-49,65,75-76H,5,11-12,17-18,23-31,33-34H2,1-4H3,(H2,61,77)(H,66,81)(H,67,82)(H,68,79)(H,69,84)(H,70,78)(H,71,83)(H,72,86)(H4,62,63,64)(H,73,80,85)/t42-,43-,44+,45-,46-,47-,48-,49-/m0/s1. The Morgan fingerprint density at radius 1 is 0.682 bits per heavy atom. The quantitative estimate of drug-likeness (QED) is 0.0165. The Labute approximate surface area is 515 Å². The topological polar surface area (TPSA) is 426 Å². The molecule has 0 aliphatic carbocycles. The fraction of sp³-hybridized carbons (Fsp3) is 0.483. The van der Waals surface area contributed by atoms with Gasteiger partial charge in [0.2, 0.25) is 53.2 Å². The summed E-state index contributed by atoms with van der Waals surface area (Å²) in [6, 6.07) is 10.8. The molecule has 1 fully saturated rings. The van der Waals surface area contributed by atoms with E-state index < -0.39 is 114 Å². The second-order valence-electron chi connectivity index (χ2n) is 21.7. The maximum Gasteiger partial charge on any atom is 0.408 e. The summed E-state index contributed by atoms with van der Waals surface area (Å²) in [4.78, 5) is 147. The lowest BCUT2D eigenvalue weighted by atomic mass is 10.0. The Balaban J connectivity index is 1.37. The molecule has 0 radical (unpaired) electrons. The van der Waals surface area contributed by atoms with Gasteiger partial charge in [-0.05, 0) is 111 Å². The van der Waals surface area contributed by atoms with Gasteiger partial charge in [0.1, 0.15) is 54.6 Å². The Morgan fingerprint density at radius 3 is 1.88 bits per heavy atom. The number of amides is 10. The number of carbonyl (C=O) groups excluding carboxylic acids is 10. The number of alkyl carbamates (subject to hydrolysis) is 1.